The Bertz CT molecular complexity index is 788. The number of nitrogens with zero attached hydrogens (tertiary/aromatic N) is 2. The maximum absolute atomic E-state index is 12.8. The fourth-order valence-corrected chi connectivity index (χ4v) is 5.69. The van der Waals surface area contributed by atoms with E-state index in [0.29, 0.717) is 31.4 Å². The molecule has 1 aliphatic heterocycles. The molecule has 9 heteroatoms. The van der Waals surface area contributed by atoms with Crippen LogP contribution >= 0.6 is 0 Å². The summed E-state index contributed by atoms with van der Waals surface area (Å²) in [5.41, 5.74) is 0.175. The highest BCUT2D eigenvalue weighted by atomic mass is 32.2. The Morgan fingerprint density at radius 2 is 1.72 bits per heavy atom. The highest BCUT2D eigenvalue weighted by Crippen LogP contribution is 2.30. The topological polar surface area (TPSA) is 105 Å². The van der Waals surface area contributed by atoms with E-state index in [-0.39, 0.29) is 10.6 Å². The number of hydrogen-bond acceptors (Lipinski definition) is 6. The highest BCUT2D eigenvalue weighted by molar-refractivity contribution is 7.89. The quantitative estimate of drug-likeness (QED) is 0.357. The van der Waals surface area contributed by atoms with Crippen molar-refractivity contribution >= 4 is 21.4 Å². The van der Waals surface area contributed by atoms with Gasteiger partial charge in [0.15, 0.2) is 0 Å². The van der Waals surface area contributed by atoms with Gasteiger partial charge in [-0.05, 0) is 50.8 Å². The number of benzene rings is 1. The Kier molecular flexibility index (Phi) is 7.85. The minimum atomic E-state index is -3.69. The van der Waals surface area contributed by atoms with Crippen LogP contribution in [0.4, 0.5) is 11.4 Å². The largest absolute Gasteiger partial charge is 0.379 e. The number of hydrogen-bond donors (Lipinski definition) is 2. The van der Waals surface area contributed by atoms with Gasteiger partial charge in [0.1, 0.15) is 5.69 Å². The SMILES string of the molecule is O=[N+]([O-])c1cc(S(=O)(=O)N2CCCCC2)ccc1NCCCNC1CCCCC1. The Morgan fingerprint density at radius 3 is 2.41 bits per heavy atom. The Hall–Kier alpha value is -1.71. The number of nitro groups is 1. The van der Waals surface area contributed by atoms with Crippen molar-refractivity contribution in [2.24, 2.45) is 0 Å². The zero-order valence-corrected chi connectivity index (χ0v) is 17.8. The van der Waals surface area contributed by atoms with E-state index in [1.807, 2.05) is 0 Å². The lowest BCUT2D eigenvalue weighted by Gasteiger charge is -2.25. The van der Waals surface area contributed by atoms with Crippen LogP contribution in [-0.2, 0) is 10.0 Å². The molecule has 1 heterocycles. The lowest BCUT2D eigenvalue weighted by molar-refractivity contribution is -0.384. The van der Waals surface area contributed by atoms with Gasteiger partial charge in [0.2, 0.25) is 10.0 Å². The Balaban J connectivity index is 1.58. The first-order chi connectivity index (χ1) is 14.0. The molecule has 1 aromatic rings. The van der Waals surface area contributed by atoms with Crippen molar-refractivity contribution in [3.05, 3.63) is 28.3 Å². The minimum absolute atomic E-state index is 0.00406. The van der Waals surface area contributed by atoms with Gasteiger partial charge in [-0.2, -0.15) is 4.31 Å². The third kappa shape index (κ3) is 5.90. The van der Waals surface area contributed by atoms with Crippen LogP contribution in [-0.4, -0.2) is 49.9 Å². The number of sulfonamides is 1. The van der Waals surface area contributed by atoms with Gasteiger partial charge in [0.25, 0.3) is 5.69 Å². The van der Waals surface area contributed by atoms with Crippen molar-refractivity contribution in [1.82, 2.24) is 9.62 Å². The molecule has 1 saturated carbocycles. The van der Waals surface area contributed by atoms with Crippen molar-refractivity contribution in [3.8, 4) is 0 Å². The summed E-state index contributed by atoms with van der Waals surface area (Å²) in [6, 6.07) is 4.77. The molecule has 0 unspecified atom stereocenters. The average molecular weight is 425 g/mol. The van der Waals surface area contributed by atoms with Crippen LogP contribution in [0.25, 0.3) is 0 Å². The molecule has 0 radical (unpaired) electrons. The molecule has 3 rings (SSSR count). The van der Waals surface area contributed by atoms with Crippen molar-refractivity contribution in [2.75, 3.05) is 31.5 Å². The molecule has 1 aromatic carbocycles. The lowest BCUT2D eigenvalue weighted by atomic mass is 9.95. The molecular formula is C20H32N4O4S. The number of piperidine rings is 1. The van der Waals surface area contributed by atoms with E-state index in [1.54, 1.807) is 0 Å². The van der Waals surface area contributed by atoms with Crippen LogP contribution in [0, 0.1) is 10.1 Å². The van der Waals surface area contributed by atoms with E-state index >= 15 is 0 Å². The second kappa shape index (κ2) is 10.4. The number of nitro benzene ring substituents is 1. The predicted octanol–water partition coefficient (Wildman–Crippen LogP) is 3.49. The van der Waals surface area contributed by atoms with E-state index in [4.69, 9.17) is 0 Å². The molecule has 162 valence electrons. The summed E-state index contributed by atoms with van der Waals surface area (Å²) < 4.78 is 27.0. The van der Waals surface area contributed by atoms with Gasteiger partial charge < -0.3 is 10.6 Å². The van der Waals surface area contributed by atoms with E-state index in [2.05, 4.69) is 10.6 Å². The second-order valence-corrected chi connectivity index (χ2v) is 9.91. The summed E-state index contributed by atoms with van der Waals surface area (Å²) in [5, 5.41) is 18.2. The van der Waals surface area contributed by atoms with E-state index in [0.717, 1.165) is 32.2 Å². The van der Waals surface area contributed by atoms with Gasteiger partial charge in [-0.1, -0.05) is 25.7 Å². The lowest BCUT2D eigenvalue weighted by Crippen LogP contribution is -2.35. The zero-order valence-electron chi connectivity index (χ0n) is 16.9. The van der Waals surface area contributed by atoms with Gasteiger partial charge >= 0.3 is 0 Å². The number of anilines is 1. The van der Waals surface area contributed by atoms with Gasteiger partial charge in [0, 0.05) is 31.7 Å². The third-order valence-electron chi connectivity index (χ3n) is 5.83. The van der Waals surface area contributed by atoms with Gasteiger partial charge in [-0.3, -0.25) is 10.1 Å². The maximum Gasteiger partial charge on any atom is 0.293 e. The summed E-state index contributed by atoms with van der Waals surface area (Å²) >= 11 is 0. The molecule has 0 spiro atoms. The normalized spacial score (nSPS) is 19.2. The molecule has 1 saturated heterocycles. The molecule has 0 atom stereocenters. The van der Waals surface area contributed by atoms with Crippen molar-refractivity contribution in [1.29, 1.82) is 0 Å². The van der Waals surface area contributed by atoms with E-state index in [9.17, 15) is 18.5 Å². The van der Waals surface area contributed by atoms with Crippen LogP contribution in [0.3, 0.4) is 0 Å². The molecule has 29 heavy (non-hydrogen) atoms. The molecule has 2 aliphatic rings. The molecule has 8 nitrogen and oxygen atoms in total. The summed E-state index contributed by atoms with van der Waals surface area (Å²) in [6.45, 7) is 2.42. The Morgan fingerprint density at radius 1 is 1.03 bits per heavy atom. The number of nitrogens with one attached hydrogen (secondary N) is 2. The van der Waals surface area contributed by atoms with Crippen LogP contribution in [0.2, 0.25) is 0 Å². The van der Waals surface area contributed by atoms with Gasteiger partial charge in [-0.15, -0.1) is 0 Å². The van der Waals surface area contributed by atoms with E-state index < -0.39 is 14.9 Å². The first-order valence-electron chi connectivity index (χ1n) is 10.7. The first-order valence-corrected chi connectivity index (χ1v) is 12.2. The molecule has 0 amide bonds. The molecule has 2 fully saturated rings. The number of rotatable bonds is 9. The van der Waals surface area contributed by atoms with Crippen molar-refractivity contribution in [3.63, 3.8) is 0 Å². The Labute approximate surface area is 173 Å². The average Bonchev–Trinajstić information content (AvgIpc) is 2.74. The van der Waals surface area contributed by atoms with Crippen molar-refractivity contribution < 1.29 is 13.3 Å². The third-order valence-corrected chi connectivity index (χ3v) is 7.72. The van der Waals surface area contributed by atoms with Gasteiger partial charge in [0.05, 0.1) is 9.82 Å². The van der Waals surface area contributed by atoms with Crippen LogP contribution < -0.4 is 10.6 Å². The molecule has 2 N–H and O–H groups in total. The van der Waals surface area contributed by atoms with Crippen LogP contribution in [0.15, 0.2) is 23.1 Å². The highest BCUT2D eigenvalue weighted by Gasteiger charge is 2.28. The fraction of sp³-hybridized carbons (Fsp3) is 0.700. The smallest absolute Gasteiger partial charge is 0.293 e. The molecule has 1 aliphatic carbocycles. The molecular weight excluding hydrogens is 392 g/mol. The summed E-state index contributed by atoms with van der Waals surface area (Å²) in [6.07, 6.45) is 9.88. The summed E-state index contributed by atoms with van der Waals surface area (Å²) in [7, 11) is -3.69. The van der Waals surface area contributed by atoms with Gasteiger partial charge in [-0.25, -0.2) is 8.42 Å². The zero-order chi connectivity index (χ0) is 20.7. The van der Waals surface area contributed by atoms with E-state index in [1.165, 1.54) is 54.6 Å². The van der Waals surface area contributed by atoms with Crippen LogP contribution in [0.5, 0.6) is 0 Å². The van der Waals surface area contributed by atoms with Crippen LogP contribution in [0.1, 0.15) is 57.8 Å². The van der Waals surface area contributed by atoms with Crippen molar-refractivity contribution in [2.45, 2.75) is 68.7 Å². The predicted molar refractivity (Wildman–Crippen MR) is 114 cm³/mol. The maximum atomic E-state index is 12.8. The molecule has 0 aromatic heterocycles. The fourth-order valence-electron chi connectivity index (χ4n) is 4.15. The standard InChI is InChI=1S/C20H32N4O4S/c25-24(26)20-16-18(29(27,28)23-14-5-2-6-15-23)10-11-19(20)22-13-7-12-21-17-8-3-1-4-9-17/h10-11,16-17,21-22H,1-9,12-15H2. The summed E-state index contributed by atoms with van der Waals surface area (Å²) in [4.78, 5) is 11.0. The minimum Gasteiger partial charge on any atom is -0.379 e. The first kappa shape index (κ1) is 22.0. The summed E-state index contributed by atoms with van der Waals surface area (Å²) in [5.74, 6) is 0. The monoisotopic (exact) mass is 424 g/mol. The second-order valence-electron chi connectivity index (χ2n) is 7.97. The molecule has 0 bridgehead atoms.